The first-order valence-electron chi connectivity index (χ1n) is 4.07. The number of benzene rings is 1. The molecule has 0 unspecified atom stereocenters. The minimum absolute atomic E-state index is 0.173. The molecule has 5 heteroatoms. The average molecular weight is 225 g/mol. The van der Waals surface area contributed by atoms with Gasteiger partial charge in [0.15, 0.2) is 5.78 Å². The maximum atomic E-state index is 11.4. The van der Waals surface area contributed by atoms with Crippen molar-refractivity contribution in [1.82, 2.24) is 5.43 Å². The summed E-state index contributed by atoms with van der Waals surface area (Å²) in [5.74, 6) is 4.06. The highest BCUT2D eigenvalue weighted by Crippen LogP contribution is 2.17. The standard InChI is InChI=1S/C10H9ClN2O2/c1-2-9(14)8-5-6(11)3-4-7(8)10(15)13-12/h2-5H,1,12H2,(H,13,15). The summed E-state index contributed by atoms with van der Waals surface area (Å²) in [6, 6.07) is 4.34. The summed E-state index contributed by atoms with van der Waals surface area (Å²) in [4.78, 5) is 22.7. The second kappa shape index (κ2) is 4.72. The van der Waals surface area contributed by atoms with Crippen LogP contribution in [0.2, 0.25) is 5.02 Å². The van der Waals surface area contributed by atoms with Crippen LogP contribution in [0.3, 0.4) is 0 Å². The van der Waals surface area contributed by atoms with E-state index in [-0.39, 0.29) is 16.9 Å². The molecule has 4 nitrogen and oxygen atoms in total. The number of ketones is 1. The maximum Gasteiger partial charge on any atom is 0.265 e. The van der Waals surface area contributed by atoms with Gasteiger partial charge in [-0.1, -0.05) is 18.2 Å². The van der Waals surface area contributed by atoms with E-state index in [1.807, 2.05) is 5.43 Å². The Kier molecular flexibility index (Phi) is 3.60. The lowest BCUT2D eigenvalue weighted by molar-refractivity contribution is 0.0943. The smallest absolute Gasteiger partial charge is 0.265 e. The summed E-state index contributed by atoms with van der Waals surface area (Å²) in [5.41, 5.74) is 2.31. The lowest BCUT2D eigenvalue weighted by Crippen LogP contribution is -2.31. The fraction of sp³-hybridized carbons (Fsp3) is 0. The molecule has 0 aliphatic heterocycles. The van der Waals surface area contributed by atoms with Gasteiger partial charge in [0.25, 0.3) is 5.91 Å². The Hall–Kier alpha value is -1.65. The number of carbonyl (C=O) groups excluding carboxylic acids is 2. The summed E-state index contributed by atoms with van der Waals surface area (Å²) in [5, 5.41) is 0.369. The highest BCUT2D eigenvalue weighted by atomic mass is 35.5. The topological polar surface area (TPSA) is 72.2 Å². The Morgan fingerprint density at radius 2 is 2.07 bits per heavy atom. The first-order chi connectivity index (χ1) is 7.10. The predicted octanol–water partition coefficient (Wildman–Crippen LogP) is 1.31. The zero-order valence-electron chi connectivity index (χ0n) is 7.79. The quantitative estimate of drug-likeness (QED) is 0.267. The van der Waals surface area contributed by atoms with Gasteiger partial charge < -0.3 is 0 Å². The summed E-state index contributed by atoms with van der Waals surface area (Å²) in [7, 11) is 0. The predicted molar refractivity (Wildman–Crippen MR) is 57.6 cm³/mol. The third-order valence-electron chi connectivity index (χ3n) is 1.81. The number of hydrogen-bond donors (Lipinski definition) is 2. The molecule has 15 heavy (non-hydrogen) atoms. The molecule has 0 fully saturated rings. The van der Waals surface area contributed by atoms with Crippen molar-refractivity contribution >= 4 is 23.3 Å². The molecule has 3 N–H and O–H groups in total. The van der Waals surface area contributed by atoms with Crippen LogP contribution in [0.1, 0.15) is 20.7 Å². The number of hydrazine groups is 1. The van der Waals surface area contributed by atoms with Gasteiger partial charge in [-0.05, 0) is 24.3 Å². The van der Waals surface area contributed by atoms with E-state index >= 15 is 0 Å². The molecule has 0 spiro atoms. The molecule has 78 valence electrons. The lowest BCUT2D eigenvalue weighted by atomic mass is 10.0. The van der Waals surface area contributed by atoms with Gasteiger partial charge in [-0.25, -0.2) is 5.84 Å². The molecular weight excluding hydrogens is 216 g/mol. The lowest BCUT2D eigenvalue weighted by Gasteiger charge is -2.05. The van der Waals surface area contributed by atoms with E-state index in [2.05, 4.69) is 6.58 Å². The molecule has 0 saturated heterocycles. The number of halogens is 1. The van der Waals surface area contributed by atoms with E-state index in [1.54, 1.807) is 0 Å². The van der Waals surface area contributed by atoms with Crippen molar-refractivity contribution in [3.05, 3.63) is 47.0 Å². The largest absolute Gasteiger partial charge is 0.290 e. The van der Waals surface area contributed by atoms with Crippen LogP contribution < -0.4 is 11.3 Å². The third-order valence-corrected chi connectivity index (χ3v) is 2.04. The minimum Gasteiger partial charge on any atom is -0.290 e. The molecule has 0 aliphatic rings. The molecule has 1 aromatic carbocycles. The Labute approximate surface area is 91.7 Å². The first kappa shape index (κ1) is 11.4. The number of nitrogen functional groups attached to an aromatic ring is 1. The molecule has 0 aromatic heterocycles. The van der Waals surface area contributed by atoms with Gasteiger partial charge in [0, 0.05) is 10.6 Å². The van der Waals surface area contributed by atoms with E-state index < -0.39 is 5.91 Å². The molecular formula is C10H9ClN2O2. The number of hydrogen-bond acceptors (Lipinski definition) is 3. The van der Waals surface area contributed by atoms with E-state index in [4.69, 9.17) is 17.4 Å². The molecule has 0 atom stereocenters. The number of nitrogens with two attached hydrogens (primary N) is 1. The number of carbonyl (C=O) groups is 2. The number of rotatable bonds is 3. The van der Waals surface area contributed by atoms with E-state index in [0.29, 0.717) is 5.02 Å². The Bertz CT molecular complexity index is 429. The summed E-state index contributed by atoms with van der Waals surface area (Å²) in [6.07, 6.45) is 1.11. The molecule has 0 bridgehead atoms. The highest BCUT2D eigenvalue weighted by molar-refractivity contribution is 6.31. The zero-order chi connectivity index (χ0) is 11.4. The van der Waals surface area contributed by atoms with Crippen molar-refractivity contribution in [2.24, 2.45) is 5.84 Å². The summed E-state index contributed by atoms with van der Waals surface area (Å²) in [6.45, 7) is 3.34. The van der Waals surface area contributed by atoms with Gasteiger partial charge in [-0.15, -0.1) is 0 Å². The Balaban J connectivity index is 3.32. The van der Waals surface area contributed by atoms with Gasteiger partial charge in [-0.2, -0.15) is 0 Å². The number of amides is 1. The van der Waals surface area contributed by atoms with E-state index in [0.717, 1.165) is 6.08 Å². The summed E-state index contributed by atoms with van der Waals surface area (Å²) < 4.78 is 0. The molecule has 1 rings (SSSR count). The van der Waals surface area contributed by atoms with Crippen molar-refractivity contribution in [2.75, 3.05) is 0 Å². The minimum atomic E-state index is -0.545. The van der Waals surface area contributed by atoms with Crippen molar-refractivity contribution in [3.63, 3.8) is 0 Å². The van der Waals surface area contributed by atoms with Crippen LogP contribution in [-0.2, 0) is 0 Å². The van der Waals surface area contributed by atoms with Crippen LogP contribution in [0.25, 0.3) is 0 Å². The second-order valence-corrected chi connectivity index (χ2v) is 3.17. The normalized spacial score (nSPS) is 9.47. The number of allylic oxidation sites excluding steroid dienone is 1. The average Bonchev–Trinajstić information content (AvgIpc) is 2.26. The van der Waals surface area contributed by atoms with Crippen LogP contribution in [0.4, 0.5) is 0 Å². The Morgan fingerprint density at radius 1 is 1.40 bits per heavy atom. The van der Waals surface area contributed by atoms with Gasteiger partial charge in [0.2, 0.25) is 0 Å². The molecule has 0 heterocycles. The monoisotopic (exact) mass is 224 g/mol. The zero-order valence-corrected chi connectivity index (χ0v) is 8.54. The van der Waals surface area contributed by atoms with E-state index in [1.165, 1.54) is 18.2 Å². The molecule has 0 radical (unpaired) electrons. The number of nitrogens with one attached hydrogen (secondary N) is 1. The van der Waals surface area contributed by atoms with Crippen LogP contribution in [0, 0.1) is 0 Å². The molecule has 0 saturated carbocycles. The molecule has 0 aliphatic carbocycles. The first-order valence-corrected chi connectivity index (χ1v) is 4.45. The molecule has 1 aromatic rings. The highest BCUT2D eigenvalue weighted by Gasteiger charge is 2.14. The third kappa shape index (κ3) is 2.43. The van der Waals surface area contributed by atoms with Crippen LogP contribution >= 0.6 is 11.6 Å². The van der Waals surface area contributed by atoms with Crippen molar-refractivity contribution in [1.29, 1.82) is 0 Å². The van der Waals surface area contributed by atoms with Gasteiger partial charge in [0.05, 0.1) is 5.56 Å². The Morgan fingerprint density at radius 3 is 2.60 bits per heavy atom. The van der Waals surface area contributed by atoms with Crippen LogP contribution in [-0.4, -0.2) is 11.7 Å². The van der Waals surface area contributed by atoms with E-state index in [9.17, 15) is 9.59 Å². The van der Waals surface area contributed by atoms with Gasteiger partial charge in [-0.3, -0.25) is 15.0 Å². The second-order valence-electron chi connectivity index (χ2n) is 2.73. The van der Waals surface area contributed by atoms with Gasteiger partial charge >= 0.3 is 0 Å². The SMILES string of the molecule is C=CC(=O)c1cc(Cl)ccc1C(=O)NN. The fourth-order valence-corrected chi connectivity index (χ4v) is 1.28. The van der Waals surface area contributed by atoms with Crippen molar-refractivity contribution < 1.29 is 9.59 Å². The van der Waals surface area contributed by atoms with Crippen LogP contribution in [0.15, 0.2) is 30.9 Å². The fourth-order valence-electron chi connectivity index (χ4n) is 1.11. The maximum absolute atomic E-state index is 11.4. The summed E-state index contributed by atoms with van der Waals surface area (Å²) >= 11 is 5.72. The van der Waals surface area contributed by atoms with Crippen molar-refractivity contribution in [3.8, 4) is 0 Å². The van der Waals surface area contributed by atoms with Gasteiger partial charge in [0.1, 0.15) is 0 Å². The molecule has 1 amide bonds. The van der Waals surface area contributed by atoms with Crippen molar-refractivity contribution in [2.45, 2.75) is 0 Å². The van der Waals surface area contributed by atoms with Crippen LogP contribution in [0.5, 0.6) is 0 Å².